The smallest absolute Gasteiger partial charge is 0.333 e. The number of aliphatic hydroxyl groups is 1. The molecule has 0 spiro atoms. The summed E-state index contributed by atoms with van der Waals surface area (Å²) in [5, 5.41) is 21.5. The van der Waals surface area contributed by atoms with Gasteiger partial charge in [0, 0.05) is 18.4 Å². The highest BCUT2D eigenvalue weighted by atomic mass is 32.2. The third-order valence-corrected chi connectivity index (χ3v) is 5.82. The molecule has 138 valence electrons. The fourth-order valence-corrected chi connectivity index (χ4v) is 4.03. The molecule has 3 rings (SSSR count). The molecule has 1 aliphatic heterocycles. The summed E-state index contributed by atoms with van der Waals surface area (Å²) in [7, 11) is -3.31. The maximum atomic E-state index is 11.6. The van der Waals surface area contributed by atoms with E-state index in [1.165, 1.54) is 12.1 Å². The summed E-state index contributed by atoms with van der Waals surface area (Å²) in [6.45, 7) is 2.46. The van der Waals surface area contributed by atoms with Gasteiger partial charge in [-0.1, -0.05) is 0 Å². The maximum absolute atomic E-state index is 11.6. The summed E-state index contributed by atoms with van der Waals surface area (Å²) in [6.07, 6.45) is 3.24. The monoisotopic (exact) mass is 375 g/mol. The van der Waals surface area contributed by atoms with E-state index >= 15 is 0 Å². The molecule has 0 amide bonds. The van der Waals surface area contributed by atoms with Crippen LogP contribution in [0.15, 0.2) is 35.2 Å². The van der Waals surface area contributed by atoms with Crippen LogP contribution in [0.2, 0.25) is 0 Å². The lowest BCUT2D eigenvalue weighted by Gasteiger charge is -2.07. The molecule has 26 heavy (non-hydrogen) atoms. The predicted molar refractivity (Wildman–Crippen MR) is 98.0 cm³/mol. The normalized spacial score (nSPS) is 16.0. The van der Waals surface area contributed by atoms with Gasteiger partial charge in [-0.05, 0) is 62.1 Å². The number of aliphatic hydroxyl groups excluding tert-OH is 1. The van der Waals surface area contributed by atoms with Gasteiger partial charge in [-0.3, -0.25) is 0 Å². The molecular formula is C19H21NO5S. The Morgan fingerprint density at radius 3 is 2.35 bits per heavy atom. The Kier molecular flexibility index (Phi) is 4.66. The third kappa shape index (κ3) is 3.26. The van der Waals surface area contributed by atoms with Gasteiger partial charge in [0.2, 0.25) is 0 Å². The van der Waals surface area contributed by atoms with Crippen LogP contribution in [0, 0.1) is 6.92 Å². The number of nitrogens with zero attached hydrogens (tertiary/aromatic N) is 1. The molecule has 0 fully saturated rings. The maximum Gasteiger partial charge on any atom is 0.333 e. The minimum absolute atomic E-state index is 0.0143. The molecule has 0 saturated heterocycles. The number of sulfone groups is 1. The molecule has 0 bridgehead atoms. The number of carboxylic acids is 1. The summed E-state index contributed by atoms with van der Waals surface area (Å²) in [5.41, 5.74) is 1.63. The zero-order valence-corrected chi connectivity index (χ0v) is 15.5. The summed E-state index contributed by atoms with van der Waals surface area (Å²) >= 11 is 0. The van der Waals surface area contributed by atoms with Crippen LogP contribution in [0.1, 0.15) is 30.4 Å². The number of carboxylic acid groups (broad SMARTS) is 1. The van der Waals surface area contributed by atoms with Crippen molar-refractivity contribution < 1.29 is 23.4 Å². The van der Waals surface area contributed by atoms with Crippen LogP contribution in [0.4, 0.5) is 0 Å². The van der Waals surface area contributed by atoms with Crippen molar-refractivity contribution in [2.24, 2.45) is 0 Å². The van der Waals surface area contributed by atoms with E-state index in [1.807, 2.05) is 11.5 Å². The van der Waals surface area contributed by atoms with E-state index in [9.17, 15) is 23.4 Å². The van der Waals surface area contributed by atoms with Crippen LogP contribution in [-0.4, -0.2) is 35.4 Å². The molecule has 2 aromatic rings. The van der Waals surface area contributed by atoms with E-state index in [2.05, 4.69) is 0 Å². The summed E-state index contributed by atoms with van der Waals surface area (Å²) < 4.78 is 25.0. The SMILES string of the molecule is Cc1cc2n(c1=C(O)c1ccc(S(C)(=O)=O)cc1)CCCCC=2C(=O)O. The lowest BCUT2D eigenvalue weighted by Crippen LogP contribution is -2.31. The second kappa shape index (κ2) is 6.64. The minimum Gasteiger partial charge on any atom is -0.505 e. The number of aromatic nitrogens is 1. The zero-order valence-electron chi connectivity index (χ0n) is 14.7. The first-order valence-corrected chi connectivity index (χ1v) is 10.3. The van der Waals surface area contributed by atoms with Gasteiger partial charge in [0.15, 0.2) is 9.84 Å². The van der Waals surface area contributed by atoms with E-state index < -0.39 is 15.8 Å². The minimum atomic E-state index is -3.31. The van der Waals surface area contributed by atoms with Gasteiger partial charge in [0.1, 0.15) is 5.76 Å². The number of hydrogen-bond donors (Lipinski definition) is 2. The summed E-state index contributed by atoms with van der Waals surface area (Å²) in [5.74, 6) is -0.922. The summed E-state index contributed by atoms with van der Waals surface area (Å²) in [6, 6.07) is 7.83. The number of carbonyl (C=O) groups is 1. The highest BCUT2D eigenvalue weighted by molar-refractivity contribution is 7.90. The first kappa shape index (κ1) is 18.3. The van der Waals surface area contributed by atoms with Crippen LogP contribution in [-0.2, 0) is 21.2 Å². The van der Waals surface area contributed by atoms with Crippen molar-refractivity contribution in [3.63, 3.8) is 0 Å². The van der Waals surface area contributed by atoms with E-state index in [0.717, 1.165) is 24.7 Å². The van der Waals surface area contributed by atoms with E-state index in [1.54, 1.807) is 18.2 Å². The number of fused-ring (bicyclic) bond motifs is 1. The largest absolute Gasteiger partial charge is 0.505 e. The Balaban J connectivity index is 2.27. The van der Waals surface area contributed by atoms with Crippen LogP contribution < -0.4 is 10.7 Å². The van der Waals surface area contributed by atoms with Crippen LogP contribution in [0.3, 0.4) is 0 Å². The first-order chi connectivity index (χ1) is 12.2. The Morgan fingerprint density at radius 2 is 1.77 bits per heavy atom. The molecule has 0 aliphatic carbocycles. The molecule has 6 nitrogen and oxygen atoms in total. The van der Waals surface area contributed by atoms with Gasteiger partial charge in [-0.25, -0.2) is 13.2 Å². The topological polar surface area (TPSA) is 96.6 Å². The lowest BCUT2D eigenvalue weighted by atomic mass is 10.1. The molecule has 7 heteroatoms. The van der Waals surface area contributed by atoms with Gasteiger partial charge < -0.3 is 14.8 Å². The quantitative estimate of drug-likeness (QED) is 0.844. The number of aliphatic carboxylic acids is 1. The van der Waals surface area contributed by atoms with E-state index in [4.69, 9.17) is 0 Å². The molecule has 0 unspecified atom stereocenters. The molecule has 1 aliphatic rings. The van der Waals surface area contributed by atoms with Gasteiger partial charge in [-0.15, -0.1) is 0 Å². The van der Waals surface area contributed by atoms with Gasteiger partial charge in [0.25, 0.3) is 0 Å². The Morgan fingerprint density at radius 1 is 1.12 bits per heavy atom. The highest BCUT2D eigenvalue weighted by Gasteiger charge is 2.18. The van der Waals surface area contributed by atoms with Gasteiger partial charge in [0.05, 0.1) is 21.2 Å². The molecule has 0 radical (unpaired) electrons. The lowest BCUT2D eigenvalue weighted by molar-refractivity contribution is -0.130. The average molecular weight is 375 g/mol. The molecule has 2 heterocycles. The fraction of sp³-hybridized carbons (Fsp3) is 0.316. The molecular weight excluding hydrogens is 354 g/mol. The number of benzene rings is 1. The second-order valence-electron chi connectivity index (χ2n) is 6.60. The highest BCUT2D eigenvalue weighted by Crippen LogP contribution is 2.16. The van der Waals surface area contributed by atoms with Crippen LogP contribution in [0.5, 0.6) is 0 Å². The Labute approximate surface area is 151 Å². The third-order valence-electron chi connectivity index (χ3n) is 4.69. The number of rotatable bonds is 3. The second-order valence-corrected chi connectivity index (χ2v) is 8.61. The van der Waals surface area contributed by atoms with Crippen molar-refractivity contribution in [3.8, 4) is 0 Å². The van der Waals surface area contributed by atoms with E-state index in [0.29, 0.717) is 34.8 Å². The molecule has 0 saturated carbocycles. The van der Waals surface area contributed by atoms with Crippen LogP contribution in [0.25, 0.3) is 11.3 Å². The van der Waals surface area contributed by atoms with Crippen LogP contribution >= 0.6 is 0 Å². The molecule has 1 aromatic carbocycles. The Bertz CT molecular complexity index is 1090. The van der Waals surface area contributed by atoms with Crippen molar-refractivity contribution in [1.82, 2.24) is 4.57 Å². The van der Waals surface area contributed by atoms with Crippen molar-refractivity contribution in [3.05, 3.63) is 52.2 Å². The van der Waals surface area contributed by atoms with Crippen molar-refractivity contribution in [1.29, 1.82) is 0 Å². The van der Waals surface area contributed by atoms with Gasteiger partial charge in [-0.2, -0.15) is 0 Å². The summed E-state index contributed by atoms with van der Waals surface area (Å²) in [4.78, 5) is 11.8. The number of hydrogen-bond acceptors (Lipinski definition) is 4. The zero-order chi connectivity index (χ0) is 19.1. The predicted octanol–water partition coefficient (Wildman–Crippen LogP) is 1.33. The number of aryl methyl sites for hydroxylation is 1. The average Bonchev–Trinajstić information content (AvgIpc) is 2.75. The molecule has 0 atom stereocenters. The van der Waals surface area contributed by atoms with E-state index in [-0.39, 0.29) is 10.7 Å². The molecule has 2 N–H and O–H groups in total. The first-order valence-electron chi connectivity index (χ1n) is 8.36. The van der Waals surface area contributed by atoms with Crippen molar-refractivity contribution in [2.45, 2.75) is 37.6 Å². The Hall–Kier alpha value is -2.54. The van der Waals surface area contributed by atoms with Gasteiger partial charge >= 0.3 is 5.97 Å². The standard InChI is InChI=1S/C19H21NO5S/c1-12-11-16-15(19(22)23)5-3-4-10-20(16)17(12)18(21)13-6-8-14(9-7-13)26(2,24)25/h6-9,11,21H,3-5,10H2,1-2H3,(H,22,23). The fourth-order valence-electron chi connectivity index (χ4n) is 3.39. The van der Waals surface area contributed by atoms with Crippen molar-refractivity contribution >= 4 is 27.1 Å². The van der Waals surface area contributed by atoms with Crippen molar-refractivity contribution in [2.75, 3.05) is 6.26 Å². The molecule has 1 aromatic heterocycles.